The van der Waals surface area contributed by atoms with Crippen LogP contribution in [0, 0.1) is 6.92 Å². The number of nitrogens with zero attached hydrogens (tertiary/aromatic N) is 3. The molecule has 23 heavy (non-hydrogen) atoms. The maximum Gasteiger partial charge on any atom is 0.274 e. The summed E-state index contributed by atoms with van der Waals surface area (Å²) in [5.74, 6) is 0.0644. The number of hydrogen-bond donors (Lipinski definition) is 1. The van der Waals surface area contributed by atoms with Gasteiger partial charge in [-0.1, -0.05) is 49.6 Å². The van der Waals surface area contributed by atoms with E-state index in [2.05, 4.69) is 36.4 Å². The van der Waals surface area contributed by atoms with Crippen molar-refractivity contribution in [2.24, 2.45) is 0 Å². The lowest BCUT2D eigenvalue weighted by atomic mass is 10.1. The highest BCUT2D eigenvalue weighted by Gasteiger charge is 2.25. The molecule has 0 spiro atoms. The molecule has 0 unspecified atom stereocenters. The van der Waals surface area contributed by atoms with E-state index in [4.69, 9.17) is 0 Å². The number of amides is 1. The molecule has 0 bridgehead atoms. The summed E-state index contributed by atoms with van der Waals surface area (Å²) in [4.78, 5) is 12.6. The first-order valence-corrected chi connectivity index (χ1v) is 8.39. The quantitative estimate of drug-likeness (QED) is 0.941. The van der Waals surface area contributed by atoms with E-state index < -0.39 is 0 Å². The largest absolute Gasteiger partial charge is 0.348 e. The number of carbonyl (C=O) groups is 1. The van der Waals surface area contributed by atoms with E-state index in [9.17, 15) is 4.79 Å². The molecule has 1 aliphatic carbocycles. The minimum atomic E-state index is -0.0982. The average molecular weight is 312 g/mol. The summed E-state index contributed by atoms with van der Waals surface area (Å²) in [6, 6.07) is 8.38. The number of aromatic nitrogens is 3. The second kappa shape index (κ2) is 6.52. The van der Waals surface area contributed by atoms with Crippen molar-refractivity contribution in [3.8, 4) is 5.69 Å². The summed E-state index contributed by atoms with van der Waals surface area (Å²) < 4.78 is 1.79. The third kappa shape index (κ3) is 3.28. The van der Waals surface area contributed by atoms with Gasteiger partial charge >= 0.3 is 0 Å². The van der Waals surface area contributed by atoms with Gasteiger partial charge in [-0.15, -0.1) is 5.10 Å². The van der Waals surface area contributed by atoms with E-state index in [-0.39, 0.29) is 17.9 Å². The van der Waals surface area contributed by atoms with Gasteiger partial charge in [0.1, 0.15) is 0 Å². The van der Waals surface area contributed by atoms with Crippen LogP contribution in [0.4, 0.5) is 0 Å². The van der Waals surface area contributed by atoms with Crippen molar-refractivity contribution in [2.45, 2.75) is 58.4 Å². The van der Waals surface area contributed by atoms with Gasteiger partial charge in [-0.2, -0.15) is 0 Å². The minimum absolute atomic E-state index is 0.0982. The second-order valence-corrected chi connectivity index (χ2v) is 6.68. The predicted octanol–water partition coefficient (Wildman–Crippen LogP) is 3.37. The third-order valence-corrected chi connectivity index (χ3v) is 4.44. The zero-order chi connectivity index (χ0) is 16.4. The van der Waals surface area contributed by atoms with Gasteiger partial charge in [-0.25, -0.2) is 4.68 Å². The van der Waals surface area contributed by atoms with Crippen molar-refractivity contribution in [3.63, 3.8) is 0 Å². The van der Waals surface area contributed by atoms with E-state index in [1.54, 1.807) is 4.68 Å². The fourth-order valence-corrected chi connectivity index (χ4v) is 3.17. The first kappa shape index (κ1) is 15.7. The zero-order valence-electron chi connectivity index (χ0n) is 14.0. The molecule has 0 aliphatic heterocycles. The van der Waals surface area contributed by atoms with Gasteiger partial charge in [0.25, 0.3) is 5.91 Å². The fourth-order valence-electron chi connectivity index (χ4n) is 3.17. The van der Waals surface area contributed by atoms with Gasteiger partial charge in [0.15, 0.2) is 5.69 Å². The van der Waals surface area contributed by atoms with Gasteiger partial charge < -0.3 is 5.32 Å². The lowest BCUT2D eigenvalue weighted by Gasteiger charge is -2.14. The van der Waals surface area contributed by atoms with Crippen LogP contribution in [0.5, 0.6) is 0 Å². The van der Waals surface area contributed by atoms with Crippen molar-refractivity contribution in [1.29, 1.82) is 0 Å². The monoisotopic (exact) mass is 312 g/mol. The summed E-state index contributed by atoms with van der Waals surface area (Å²) in [6.45, 7) is 6.18. The Morgan fingerprint density at radius 2 is 1.87 bits per heavy atom. The number of benzene rings is 1. The fraction of sp³-hybridized carbons (Fsp3) is 0.500. The maximum atomic E-state index is 12.6. The molecule has 1 amide bonds. The molecule has 0 saturated heterocycles. The summed E-state index contributed by atoms with van der Waals surface area (Å²) in [6.07, 6.45) is 4.51. The normalized spacial score (nSPS) is 15.3. The van der Waals surface area contributed by atoms with Crippen LogP contribution in [0.3, 0.4) is 0 Å². The Hall–Kier alpha value is -2.17. The molecule has 1 aliphatic rings. The minimum Gasteiger partial charge on any atom is -0.348 e. The molecule has 5 nitrogen and oxygen atoms in total. The molecule has 122 valence electrons. The molecule has 1 fully saturated rings. The number of rotatable bonds is 4. The molecule has 1 N–H and O–H groups in total. The smallest absolute Gasteiger partial charge is 0.274 e. The second-order valence-electron chi connectivity index (χ2n) is 6.68. The Morgan fingerprint density at radius 1 is 1.22 bits per heavy atom. The molecule has 1 aromatic carbocycles. The molecule has 0 radical (unpaired) electrons. The van der Waals surface area contributed by atoms with Gasteiger partial charge in [0, 0.05) is 6.04 Å². The first-order chi connectivity index (χ1) is 11.1. The molecule has 1 saturated carbocycles. The molecule has 5 heteroatoms. The van der Waals surface area contributed by atoms with Crippen LogP contribution in [0.1, 0.15) is 67.2 Å². The van der Waals surface area contributed by atoms with E-state index in [0.717, 1.165) is 24.2 Å². The van der Waals surface area contributed by atoms with Crippen molar-refractivity contribution in [2.75, 3.05) is 0 Å². The molecular weight excluding hydrogens is 288 g/mol. The molecule has 0 atom stereocenters. The van der Waals surface area contributed by atoms with Crippen LogP contribution in [-0.4, -0.2) is 26.9 Å². The van der Waals surface area contributed by atoms with Crippen LogP contribution in [0.25, 0.3) is 5.69 Å². The number of nitrogens with one attached hydrogen (secondary N) is 1. The van der Waals surface area contributed by atoms with Crippen molar-refractivity contribution < 1.29 is 4.79 Å². The lowest BCUT2D eigenvalue weighted by Crippen LogP contribution is -2.33. The lowest BCUT2D eigenvalue weighted by molar-refractivity contribution is 0.0931. The Kier molecular flexibility index (Phi) is 4.46. The van der Waals surface area contributed by atoms with Crippen molar-refractivity contribution >= 4 is 5.91 Å². The number of carbonyl (C=O) groups excluding carboxylic acids is 1. The summed E-state index contributed by atoms with van der Waals surface area (Å²) in [5, 5.41) is 11.5. The van der Waals surface area contributed by atoms with Crippen LogP contribution >= 0.6 is 0 Å². The SMILES string of the molecule is Cc1ccc(-n2nnc(C(=O)NC3CCCC3)c2C(C)C)cc1. The number of aryl methyl sites for hydroxylation is 1. The van der Waals surface area contributed by atoms with Crippen LogP contribution in [0.15, 0.2) is 24.3 Å². The summed E-state index contributed by atoms with van der Waals surface area (Å²) >= 11 is 0. The molecule has 2 aromatic rings. The van der Waals surface area contributed by atoms with Gasteiger partial charge in [-0.3, -0.25) is 4.79 Å². The van der Waals surface area contributed by atoms with E-state index in [1.165, 1.54) is 18.4 Å². The summed E-state index contributed by atoms with van der Waals surface area (Å²) in [5.41, 5.74) is 3.45. The predicted molar refractivity (Wildman–Crippen MR) is 89.9 cm³/mol. The highest BCUT2D eigenvalue weighted by Crippen LogP contribution is 2.23. The van der Waals surface area contributed by atoms with Gasteiger partial charge in [0.2, 0.25) is 0 Å². The highest BCUT2D eigenvalue weighted by molar-refractivity contribution is 5.93. The Bertz CT molecular complexity index is 682. The molecule has 1 aromatic heterocycles. The van der Waals surface area contributed by atoms with Gasteiger partial charge in [-0.05, 0) is 37.8 Å². The van der Waals surface area contributed by atoms with E-state index >= 15 is 0 Å². The first-order valence-electron chi connectivity index (χ1n) is 8.39. The Morgan fingerprint density at radius 3 is 2.48 bits per heavy atom. The molecule has 3 rings (SSSR count). The molecular formula is C18H24N4O. The van der Waals surface area contributed by atoms with Crippen molar-refractivity contribution in [3.05, 3.63) is 41.2 Å². The summed E-state index contributed by atoms with van der Waals surface area (Å²) in [7, 11) is 0. The third-order valence-electron chi connectivity index (χ3n) is 4.44. The standard InChI is InChI=1S/C18H24N4O/c1-12(2)17-16(18(23)19-14-6-4-5-7-14)20-21-22(17)15-10-8-13(3)9-11-15/h8-12,14H,4-7H2,1-3H3,(H,19,23). The Balaban J connectivity index is 1.91. The highest BCUT2D eigenvalue weighted by atomic mass is 16.2. The van der Waals surface area contributed by atoms with E-state index in [1.807, 2.05) is 24.3 Å². The number of hydrogen-bond acceptors (Lipinski definition) is 3. The topological polar surface area (TPSA) is 59.8 Å². The van der Waals surface area contributed by atoms with Crippen LogP contribution in [-0.2, 0) is 0 Å². The average Bonchev–Trinajstić information content (AvgIpc) is 3.16. The zero-order valence-corrected chi connectivity index (χ0v) is 14.0. The maximum absolute atomic E-state index is 12.6. The molecule has 1 heterocycles. The van der Waals surface area contributed by atoms with Crippen LogP contribution in [0.2, 0.25) is 0 Å². The van der Waals surface area contributed by atoms with E-state index in [0.29, 0.717) is 5.69 Å². The van der Waals surface area contributed by atoms with Gasteiger partial charge in [0.05, 0.1) is 11.4 Å². The van der Waals surface area contributed by atoms with Crippen LogP contribution < -0.4 is 5.32 Å². The van der Waals surface area contributed by atoms with Crippen molar-refractivity contribution in [1.82, 2.24) is 20.3 Å². The Labute approximate surface area is 137 Å².